The van der Waals surface area contributed by atoms with Crippen LogP contribution in [0.4, 0.5) is 0 Å². The second-order valence-electron chi connectivity index (χ2n) is 13.4. The van der Waals surface area contributed by atoms with Crippen molar-refractivity contribution in [2.75, 3.05) is 19.6 Å². The van der Waals surface area contributed by atoms with E-state index in [2.05, 4.69) is 36.4 Å². The molecular weight excluding hydrogens is 574 g/mol. The fourth-order valence-corrected chi connectivity index (χ4v) is 10.2. The first-order valence-corrected chi connectivity index (χ1v) is 16.3. The summed E-state index contributed by atoms with van der Waals surface area (Å²) in [7, 11) is 0. The van der Waals surface area contributed by atoms with Gasteiger partial charge < -0.3 is 30.9 Å². The highest BCUT2D eigenvalue weighted by molar-refractivity contribution is 8.03. The van der Waals surface area contributed by atoms with E-state index in [9.17, 15) is 24.3 Å². The van der Waals surface area contributed by atoms with Crippen molar-refractivity contribution in [1.82, 2.24) is 46.0 Å². The molecule has 5 saturated heterocycles. The van der Waals surface area contributed by atoms with Crippen LogP contribution in [-0.4, -0.2) is 114 Å². The quantitative estimate of drug-likeness (QED) is 0.280. The lowest BCUT2D eigenvalue weighted by molar-refractivity contribution is -0.158. The highest BCUT2D eigenvalue weighted by atomic mass is 32.2. The summed E-state index contributed by atoms with van der Waals surface area (Å²) in [6.45, 7) is 5.89. The number of aromatic nitrogens is 4. The molecule has 7 heterocycles. The predicted octanol–water partition coefficient (Wildman–Crippen LogP) is -0.452. The zero-order valence-corrected chi connectivity index (χ0v) is 25.3. The Morgan fingerprint density at radius 2 is 2.02 bits per heavy atom. The number of hydrogen-bond acceptors (Lipinski definition) is 10. The summed E-state index contributed by atoms with van der Waals surface area (Å²) in [4.78, 5) is 55.9. The van der Waals surface area contributed by atoms with Crippen LogP contribution in [0.1, 0.15) is 52.4 Å². The van der Waals surface area contributed by atoms with Gasteiger partial charge in [0.1, 0.15) is 18.6 Å². The van der Waals surface area contributed by atoms with Crippen LogP contribution < -0.4 is 16.0 Å². The molecule has 0 saturated carbocycles. The molecule has 232 valence electrons. The number of thioether (sulfide) groups is 1. The van der Waals surface area contributed by atoms with E-state index >= 15 is 0 Å². The van der Waals surface area contributed by atoms with Crippen LogP contribution in [0.2, 0.25) is 0 Å². The number of hydrogen-bond donors (Lipinski definition) is 4. The Labute approximate surface area is 253 Å². The molecule has 8 atom stereocenters. The zero-order chi connectivity index (χ0) is 30.0. The maximum absolute atomic E-state index is 13.6. The van der Waals surface area contributed by atoms with E-state index in [4.69, 9.17) is 0 Å². The van der Waals surface area contributed by atoms with Gasteiger partial charge in [-0.1, -0.05) is 6.92 Å². The third-order valence-corrected chi connectivity index (χ3v) is 12.1. The van der Waals surface area contributed by atoms with Gasteiger partial charge in [-0.15, -0.1) is 16.9 Å². The van der Waals surface area contributed by atoms with Gasteiger partial charge in [0.05, 0.1) is 18.0 Å². The van der Waals surface area contributed by atoms with Gasteiger partial charge in [-0.25, -0.2) is 9.48 Å². The van der Waals surface area contributed by atoms with E-state index in [-0.39, 0.29) is 58.6 Å². The van der Waals surface area contributed by atoms with Crippen molar-refractivity contribution in [3.63, 3.8) is 0 Å². The smallest absolute Gasteiger partial charge is 0.353 e. The van der Waals surface area contributed by atoms with Crippen LogP contribution in [0.5, 0.6) is 0 Å². The molecular formula is C28H39N9O5S. The molecule has 2 bridgehead atoms. The highest BCUT2D eigenvalue weighted by Gasteiger charge is 2.60. The van der Waals surface area contributed by atoms with E-state index in [1.165, 1.54) is 40.5 Å². The fourth-order valence-electron chi connectivity index (χ4n) is 8.68. The van der Waals surface area contributed by atoms with Gasteiger partial charge >= 0.3 is 5.97 Å². The van der Waals surface area contributed by atoms with Crippen molar-refractivity contribution in [2.24, 2.45) is 17.3 Å². The van der Waals surface area contributed by atoms with Gasteiger partial charge in [0.2, 0.25) is 17.7 Å². The van der Waals surface area contributed by atoms with Crippen molar-refractivity contribution in [1.29, 1.82) is 0 Å². The first kappa shape index (κ1) is 28.7. The molecule has 1 aromatic heterocycles. The van der Waals surface area contributed by atoms with Crippen LogP contribution >= 0.6 is 11.8 Å². The normalized spacial score (nSPS) is 37.2. The molecule has 6 aliphatic rings. The molecule has 15 heteroatoms. The Morgan fingerprint density at radius 3 is 2.72 bits per heavy atom. The maximum atomic E-state index is 13.6. The lowest BCUT2D eigenvalue weighted by Crippen LogP contribution is -2.66. The summed E-state index contributed by atoms with van der Waals surface area (Å²) in [5, 5.41) is 30.9. The minimum Gasteiger partial charge on any atom is -0.477 e. The number of amides is 3. The minimum absolute atomic E-state index is 0.0210. The summed E-state index contributed by atoms with van der Waals surface area (Å²) in [6, 6.07) is 0.0703. The van der Waals surface area contributed by atoms with E-state index in [0.717, 1.165) is 32.4 Å². The SMILES string of the molecule is C[C@@H](NC(=O)Cn1cnnn1)[C@H]1C(=O)N2C(C(=O)O)=C(S[C@@H]3CNC(C(=O)N4CCC5(CC6CCC(C5)N6)C4)C3)[C@H](C)[C@H]12. The summed E-state index contributed by atoms with van der Waals surface area (Å²) < 4.78 is 1.29. The molecule has 0 aliphatic carbocycles. The number of β-lactam (4-membered cyclic amide) rings is 1. The number of likely N-dealkylation sites (tertiary alicyclic amines) is 1. The minimum atomic E-state index is -1.13. The standard InChI is InChI=1S/C28H39N9O5S/c1-14-22-21(15(2)31-20(38)11-36-13-30-33-34-36)26(40)37(22)23(27(41)42)24(14)43-18-7-19(29-10-18)25(39)35-6-5-28(12-35)8-16-3-4-17(9-28)32-16/h13-19,21-22,29,32H,3-12H2,1-2H3,(H,31,38)(H,41,42)/t14-,15-,16?,17?,18+,19?,21-,22-,28?/m1/s1. The number of rotatable bonds is 8. The van der Waals surface area contributed by atoms with Crippen LogP contribution in [-0.2, 0) is 25.7 Å². The van der Waals surface area contributed by atoms with Crippen LogP contribution in [0.25, 0.3) is 0 Å². The Balaban J connectivity index is 0.972. The Hall–Kier alpha value is -3.04. The lowest BCUT2D eigenvalue weighted by atomic mass is 9.75. The van der Waals surface area contributed by atoms with Crippen LogP contribution in [0.15, 0.2) is 16.9 Å². The maximum Gasteiger partial charge on any atom is 0.353 e. The molecule has 6 aliphatic heterocycles. The van der Waals surface area contributed by atoms with E-state index < -0.39 is 17.9 Å². The lowest BCUT2D eigenvalue weighted by Gasteiger charge is -2.47. The molecule has 3 unspecified atom stereocenters. The largest absolute Gasteiger partial charge is 0.477 e. The van der Waals surface area contributed by atoms with Gasteiger partial charge in [0.25, 0.3) is 0 Å². The van der Waals surface area contributed by atoms with E-state index in [0.29, 0.717) is 30.0 Å². The summed E-state index contributed by atoms with van der Waals surface area (Å²) in [5.41, 5.74) is 0.286. The second kappa shape index (κ2) is 10.8. The Kier molecular flexibility index (Phi) is 7.24. The molecule has 43 heavy (non-hydrogen) atoms. The molecule has 0 aromatic carbocycles. The average molecular weight is 614 g/mol. The summed E-state index contributed by atoms with van der Waals surface area (Å²) >= 11 is 1.48. The van der Waals surface area contributed by atoms with Crippen molar-refractivity contribution in [3.8, 4) is 0 Å². The molecule has 14 nitrogen and oxygen atoms in total. The van der Waals surface area contributed by atoms with E-state index in [1.54, 1.807) is 6.92 Å². The van der Waals surface area contributed by atoms with Crippen LogP contribution in [0, 0.1) is 17.3 Å². The topological polar surface area (TPSA) is 175 Å². The summed E-state index contributed by atoms with van der Waals surface area (Å²) in [6.07, 6.45) is 7.84. The number of fused-ring (bicyclic) bond motifs is 3. The first-order valence-electron chi connectivity index (χ1n) is 15.4. The van der Waals surface area contributed by atoms with Crippen molar-refractivity contribution >= 4 is 35.5 Å². The number of piperidine rings is 1. The Bertz CT molecular complexity index is 1340. The van der Waals surface area contributed by atoms with Gasteiger partial charge in [-0.3, -0.25) is 14.4 Å². The predicted molar refractivity (Wildman–Crippen MR) is 154 cm³/mol. The molecule has 5 fully saturated rings. The number of carbonyl (C=O) groups excluding carboxylic acids is 3. The third-order valence-electron chi connectivity index (χ3n) is 10.5. The number of nitrogens with one attached hydrogen (secondary N) is 3. The van der Waals surface area contributed by atoms with Gasteiger partial charge in [-0.2, -0.15) is 0 Å². The monoisotopic (exact) mass is 613 g/mol. The molecule has 7 rings (SSSR count). The first-order chi connectivity index (χ1) is 20.6. The molecule has 1 spiro atoms. The van der Waals surface area contributed by atoms with Gasteiger partial charge in [0.15, 0.2) is 0 Å². The third kappa shape index (κ3) is 5.02. The highest BCUT2D eigenvalue weighted by Crippen LogP contribution is 2.52. The average Bonchev–Trinajstić information content (AvgIpc) is 3.78. The van der Waals surface area contributed by atoms with Crippen molar-refractivity contribution < 1.29 is 24.3 Å². The van der Waals surface area contributed by atoms with Crippen LogP contribution in [0.3, 0.4) is 0 Å². The number of tetrazole rings is 1. The molecule has 4 N–H and O–H groups in total. The van der Waals surface area contributed by atoms with E-state index in [1.807, 2.05) is 6.92 Å². The second-order valence-corrected chi connectivity index (χ2v) is 14.7. The zero-order valence-electron chi connectivity index (χ0n) is 24.4. The number of nitrogens with zero attached hydrogens (tertiary/aromatic N) is 6. The number of carboxylic acids is 1. The Morgan fingerprint density at radius 1 is 1.26 bits per heavy atom. The molecule has 1 aromatic rings. The van der Waals surface area contributed by atoms with Gasteiger partial charge in [-0.05, 0) is 61.3 Å². The number of carboxylic acid groups (broad SMARTS) is 1. The van der Waals surface area contributed by atoms with Crippen molar-refractivity contribution in [2.45, 2.75) is 94.4 Å². The summed E-state index contributed by atoms with van der Waals surface area (Å²) in [5.74, 6) is -2.35. The van der Waals surface area contributed by atoms with Crippen molar-refractivity contribution in [3.05, 3.63) is 16.9 Å². The fraction of sp³-hybridized carbons (Fsp3) is 0.750. The van der Waals surface area contributed by atoms with Gasteiger partial charge in [0, 0.05) is 53.8 Å². The molecule has 3 amide bonds. The number of aliphatic carboxylic acids is 1. The molecule has 0 radical (unpaired) electrons. The number of carbonyl (C=O) groups is 4.